The van der Waals surface area contributed by atoms with E-state index >= 15 is 0 Å². The number of aryl methyl sites for hydroxylation is 1. The lowest BCUT2D eigenvalue weighted by Crippen LogP contribution is -2.29. The summed E-state index contributed by atoms with van der Waals surface area (Å²) < 4.78 is 11.7. The van der Waals surface area contributed by atoms with Gasteiger partial charge in [-0.1, -0.05) is 12.1 Å². The first-order valence-electron chi connectivity index (χ1n) is 7.66. The molecule has 0 spiro atoms. The van der Waals surface area contributed by atoms with Crippen LogP contribution in [0.25, 0.3) is 0 Å². The first kappa shape index (κ1) is 14.6. The summed E-state index contributed by atoms with van der Waals surface area (Å²) in [5.41, 5.74) is 1.01. The van der Waals surface area contributed by atoms with Gasteiger partial charge in [0, 0.05) is 17.8 Å². The maximum Gasteiger partial charge on any atom is 0.161 e. The van der Waals surface area contributed by atoms with Crippen LogP contribution < -0.4 is 14.8 Å². The zero-order chi connectivity index (χ0) is 15.4. The molecule has 0 aliphatic carbocycles. The molecule has 5 nitrogen and oxygen atoms in total. The third-order valence-electron chi connectivity index (χ3n) is 3.45. The van der Waals surface area contributed by atoms with Crippen molar-refractivity contribution < 1.29 is 9.47 Å². The Morgan fingerprint density at radius 1 is 1.23 bits per heavy atom. The fourth-order valence-electron chi connectivity index (χ4n) is 2.42. The molecule has 2 heterocycles. The maximum absolute atomic E-state index is 5.96. The van der Waals surface area contributed by atoms with E-state index in [9.17, 15) is 0 Å². The standard InChI is InChI=1S/C17H21N3O2/c1-12(2)20-17-9-13(18-11-19-17)7-8-14-10-21-15-5-3-4-6-16(15)22-14/h3-6,9,11-12,14H,7-8,10H2,1-2H3,(H,18,19,20)/t14-/m1/s1. The second kappa shape index (κ2) is 6.64. The first-order valence-corrected chi connectivity index (χ1v) is 7.66. The van der Waals surface area contributed by atoms with Crippen molar-refractivity contribution in [2.75, 3.05) is 11.9 Å². The first-order chi connectivity index (χ1) is 10.7. The number of hydrogen-bond acceptors (Lipinski definition) is 5. The normalized spacial score (nSPS) is 16.6. The summed E-state index contributed by atoms with van der Waals surface area (Å²) in [6.07, 6.45) is 3.37. The number of ether oxygens (including phenoxy) is 2. The molecule has 1 atom stereocenters. The lowest BCUT2D eigenvalue weighted by Gasteiger charge is -2.26. The van der Waals surface area contributed by atoms with Gasteiger partial charge in [-0.05, 0) is 38.8 Å². The summed E-state index contributed by atoms with van der Waals surface area (Å²) in [6.45, 7) is 4.76. The van der Waals surface area contributed by atoms with Gasteiger partial charge in [0.25, 0.3) is 0 Å². The molecule has 3 rings (SSSR count). The Morgan fingerprint density at radius 3 is 2.86 bits per heavy atom. The van der Waals surface area contributed by atoms with Crippen molar-refractivity contribution >= 4 is 5.82 Å². The smallest absolute Gasteiger partial charge is 0.161 e. The molecule has 1 aromatic carbocycles. The Morgan fingerprint density at radius 2 is 2.05 bits per heavy atom. The quantitative estimate of drug-likeness (QED) is 0.919. The van der Waals surface area contributed by atoms with Crippen LogP contribution in [0.15, 0.2) is 36.7 Å². The Labute approximate surface area is 130 Å². The zero-order valence-electron chi connectivity index (χ0n) is 13.0. The Balaban J connectivity index is 1.57. The Bertz CT molecular complexity index is 631. The largest absolute Gasteiger partial charge is 0.486 e. The average molecular weight is 299 g/mol. The van der Waals surface area contributed by atoms with Crippen molar-refractivity contribution in [1.82, 2.24) is 9.97 Å². The molecule has 1 aliphatic rings. The molecule has 0 bridgehead atoms. The van der Waals surface area contributed by atoms with Crippen molar-refractivity contribution in [3.63, 3.8) is 0 Å². The van der Waals surface area contributed by atoms with Gasteiger partial charge in [-0.3, -0.25) is 0 Å². The monoisotopic (exact) mass is 299 g/mol. The second-order valence-electron chi connectivity index (χ2n) is 5.73. The minimum absolute atomic E-state index is 0.0615. The molecular weight excluding hydrogens is 278 g/mol. The highest BCUT2D eigenvalue weighted by atomic mass is 16.6. The molecule has 1 N–H and O–H groups in total. The van der Waals surface area contributed by atoms with Crippen molar-refractivity contribution in [3.05, 3.63) is 42.4 Å². The van der Waals surface area contributed by atoms with Crippen molar-refractivity contribution in [3.8, 4) is 11.5 Å². The number of anilines is 1. The zero-order valence-corrected chi connectivity index (χ0v) is 13.0. The van der Waals surface area contributed by atoms with Crippen LogP contribution in [-0.2, 0) is 6.42 Å². The summed E-state index contributed by atoms with van der Waals surface area (Å²) >= 11 is 0. The highest BCUT2D eigenvalue weighted by molar-refractivity contribution is 5.40. The molecule has 0 saturated carbocycles. The van der Waals surface area contributed by atoms with E-state index < -0.39 is 0 Å². The summed E-state index contributed by atoms with van der Waals surface area (Å²) in [7, 11) is 0. The summed E-state index contributed by atoms with van der Waals surface area (Å²) in [6, 6.07) is 10.1. The van der Waals surface area contributed by atoms with Gasteiger partial charge in [0.15, 0.2) is 11.5 Å². The van der Waals surface area contributed by atoms with E-state index in [4.69, 9.17) is 9.47 Å². The van der Waals surface area contributed by atoms with E-state index in [-0.39, 0.29) is 6.10 Å². The number of hydrogen-bond donors (Lipinski definition) is 1. The number of aromatic nitrogens is 2. The Hall–Kier alpha value is -2.30. The van der Waals surface area contributed by atoms with Gasteiger partial charge >= 0.3 is 0 Å². The molecule has 116 valence electrons. The third-order valence-corrected chi connectivity index (χ3v) is 3.45. The minimum Gasteiger partial charge on any atom is -0.486 e. The van der Waals surface area contributed by atoms with E-state index in [0.29, 0.717) is 12.6 Å². The van der Waals surface area contributed by atoms with Crippen molar-refractivity contribution in [2.24, 2.45) is 0 Å². The highest BCUT2D eigenvalue weighted by Gasteiger charge is 2.20. The summed E-state index contributed by atoms with van der Waals surface area (Å²) in [5.74, 6) is 2.51. The third kappa shape index (κ3) is 3.67. The summed E-state index contributed by atoms with van der Waals surface area (Å²) in [4.78, 5) is 8.55. The van der Waals surface area contributed by atoms with Gasteiger partial charge in [-0.2, -0.15) is 0 Å². The minimum atomic E-state index is 0.0615. The van der Waals surface area contributed by atoms with Crippen LogP contribution in [0.1, 0.15) is 26.0 Å². The van der Waals surface area contributed by atoms with E-state index in [0.717, 1.165) is 35.9 Å². The highest BCUT2D eigenvalue weighted by Crippen LogP contribution is 2.31. The molecule has 2 aromatic rings. The number of nitrogens with one attached hydrogen (secondary N) is 1. The number of para-hydroxylation sites is 2. The van der Waals surface area contributed by atoms with Gasteiger partial charge in [-0.15, -0.1) is 0 Å². The maximum atomic E-state index is 5.96. The van der Waals surface area contributed by atoms with E-state index in [1.165, 1.54) is 0 Å². The van der Waals surface area contributed by atoms with Crippen LogP contribution in [0.2, 0.25) is 0 Å². The topological polar surface area (TPSA) is 56.3 Å². The molecule has 0 amide bonds. The van der Waals surface area contributed by atoms with Crippen LogP contribution in [0, 0.1) is 0 Å². The van der Waals surface area contributed by atoms with Crippen molar-refractivity contribution in [1.29, 1.82) is 0 Å². The van der Waals surface area contributed by atoms with Gasteiger partial charge in [0.05, 0.1) is 0 Å². The van der Waals surface area contributed by atoms with E-state index in [1.807, 2.05) is 30.3 Å². The van der Waals surface area contributed by atoms with Crippen LogP contribution in [0.4, 0.5) is 5.82 Å². The molecule has 22 heavy (non-hydrogen) atoms. The van der Waals surface area contributed by atoms with Crippen LogP contribution in [0.3, 0.4) is 0 Å². The molecule has 5 heteroatoms. The van der Waals surface area contributed by atoms with Crippen LogP contribution in [-0.4, -0.2) is 28.7 Å². The fourth-order valence-corrected chi connectivity index (χ4v) is 2.42. The van der Waals surface area contributed by atoms with Crippen molar-refractivity contribution in [2.45, 2.75) is 38.8 Å². The molecule has 0 radical (unpaired) electrons. The van der Waals surface area contributed by atoms with E-state index in [1.54, 1.807) is 6.33 Å². The van der Waals surface area contributed by atoms with Crippen LogP contribution in [0.5, 0.6) is 11.5 Å². The summed E-state index contributed by atoms with van der Waals surface area (Å²) in [5, 5.41) is 3.29. The predicted molar refractivity (Wildman–Crippen MR) is 85.5 cm³/mol. The molecule has 1 aromatic heterocycles. The van der Waals surface area contributed by atoms with Gasteiger partial charge in [0.1, 0.15) is 24.9 Å². The number of benzene rings is 1. The number of fused-ring (bicyclic) bond motifs is 1. The van der Waals surface area contributed by atoms with Crippen LogP contribution >= 0.6 is 0 Å². The Kier molecular flexibility index (Phi) is 4.42. The lowest BCUT2D eigenvalue weighted by molar-refractivity contribution is 0.0849. The van der Waals surface area contributed by atoms with Gasteiger partial charge in [0.2, 0.25) is 0 Å². The SMILES string of the molecule is CC(C)Nc1cc(CC[C@@H]2COc3ccccc3O2)ncn1. The van der Waals surface area contributed by atoms with Gasteiger partial charge in [-0.25, -0.2) is 9.97 Å². The molecular formula is C17H21N3O2. The van der Waals surface area contributed by atoms with Gasteiger partial charge < -0.3 is 14.8 Å². The second-order valence-corrected chi connectivity index (χ2v) is 5.73. The average Bonchev–Trinajstić information content (AvgIpc) is 2.52. The lowest BCUT2D eigenvalue weighted by atomic mass is 10.1. The fraction of sp³-hybridized carbons (Fsp3) is 0.412. The van der Waals surface area contributed by atoms with E-state index in [2.05, 4.69) is 29.1 Å². The molecule has 0 unspecified atom stereocenters. The molecule has 0 saturated heterocycles. The molecule has 0 fully saturated rings. The molecule has 1 aliphatic heterocycles. The predicted octanol–water partition coefficient (Wildman–Crippen LogP) is 3.07. The number of rotatable bonds is 5. The number of nitrogens with zero attached hydrogens (tertiary/aromatic N) is 2.